The Hall–Kier alpha value is -0.610. The summed E-state index contributed by atoms with van der Waals surface area (Å²) >= 11 is 0. The van der Waals surface area contributed by atoms with E-state index in [0.29, 0.717) is 18.9 Å². The predicted molar refractivity (Wildman–Crippen MR) is 62.1 cm³/mol. The fourth-order valence-electron chi connectivity index (χ4n) is 2.07. The molecule has 0 spiro atoms. The van der Waals surface area contributed by atoms with Crippen LogP contribution < -0.4 is 5.32 Å². The van der Waals surface area contributed by atoms with Gasteiger partial charge in [0.2, 0.25) is 5.91 Å². The first-order chi connectivity index (χ1) is 7.74. The highest BCUT2D eigenvalue weighted by molar-refractivity contribution is 5.77. The monoisotopic (exact) mass is 229 g/mol. The molecule has 0 heterocycles. The topological polar surface area (TPSA) is 58.6 Å². The molecule has 2 unspecified atom stereocenters. The lowest BCUT2D eigenvalue weighted by atomic mass is 9.88. The molecule has 0 aromatic rings. The Bertz CT molecular complexity index is 208. The average Bonchev–Trinajstić information content (AvgIpc) is 2.28. The SMILES string of the molecule is CC1CCCCC1OCC(=O)NCCCO. The van der Waals surface area contributed by atoms with Crippen LogP contribution in [0.25, 0.3) is 0 Å². The van der Waals surface area contributed by atoms with Crippen molar-refractivity contribution in [1.29, 1.82) is 0 Å². The molecule has 1 fully saturated rings. The minimum absolute atomic E-state index is 0.0776. The predicted octanol–water partition coefficient (Wildman–Crippen LogP) is 1.08. The Kier molecular flexibility index (Phi) is 6.42. The summed E-state index contributed by atoms with van der Waals surface area (Å²) in [6.07, 6.45) is 5.62. The van der Waals surface area contributed by atoms with Crippen LogP contribution in [0.1, 0.15) is 39.0 Å². The standard InChI is InChI=1S/C12H23NO3/c1-10-5-2-3-6-11(10)16-9-12(15)13-7-4-8-14/h10-11,14H,2-9H2,1H3,(H,13,15). The molecule has 4 heteroatoms. The van der Waals surface area contributed by atoms with Gasteiger partial charge in [0.05, 0.1) is 6.10 Å². The molecule has 94 valence electrons. The molecule has 0 aromatic carbocycles. The highest BCUT2D eigenvalue weighted by atomic mass is 16.5. The summed E-state index contributed by atoms with van der Waals surface area (Å²) < 4.78 is 5.61. The first-order valence-corrected chi connectivity index (χ1v) is 6.23. The van der Waals surface area contributed by atoms with E-state index >= 15 is 0 Å². The fourth-order valence-corrected chi connectivity index (χ4v) is 2.07. The average molecular weight is 229 g/mol. The van der Waals surface area contributed by atoms with Gasteiger partial charge in [0.25, 0.3) is 0 Å². The van der Waals surface area contributed by atoms with Crippen LogP contribution in [-0.2, 0) is 9.53 Å². The molecule has 1 rings (SSSR count). The van der Waals surface area contributed by atoms with Crippen molar-refractivity contribution in [3.8, 4) is 0 Å². The molecule has 0 saturated heterocycles. The van der Waals surface area contributed by atoms with Crippen molar-refractivity contribution in [2.24, 2.45) is 5.92 Å². The second kappa shape index (κ2) is 7.63. The molecule has 16 heavy (non-hydrogen) atoms. The van der Waals surface area contributed by atoms with Crippen molar-refractivity contribution >= 4 is 5.91 Å². The maximum absolute atomic E-state index is 11.3. The lowest BCUT2D eigenvalue weighted by Crippen LogP contribution is -2.33. The maximum Gasteiger partial charge on any atom is 0.246 e. The van der Waals surface area contributed by atoms with E-state index in [-0.39, 0.29) is 25.2 Å². The van der Waals surface area contributed by atoms with E-state index in [9.17, 15) is 4.79 Å². The second-order valence-corrected chi connectivity index (χ2v) is 4.54. The van der Waals surface area contributed by atoms with Crippen molar-refractivity contribution < 1.29 is 14.6 Å². The number of hydrogen-bond acceptors (Lipinski definition) is 3. The normalized spacial score (nSPS) is 25.4. The van der Waals surface area contributed by atoms with Crippen molar-refractivity contribution in [3.63, 3.8) is 0 Å². The summed E-state index contributed by atoms with van der Waals surface area (Å²) in [6, 6.07) is 0. The third kappa shape index (κ3) is 4.94. The third-order valence-electron chi connectivity index (χ3n) is 3.12. The van der Waals surface area contributed by atoms with Crippen molar-refractivity contribution in [2.45, 2.75) is 45.1 Å². The van der Waals surface area contributed by atoms with Crippen LogP contribution in [0.2, 0.25) is 0 Å². The van der Waals surface area contributed by atoms with Crippen LogP contribution in [0.3, 0.4) is 0 Å². The number of aliphatic hydroxyl groups is 1. The number of aliphatic hydroxyl groups excluding tert-OH is 1. The number of ether oxygens (including phenoxy) is 1. The molecule has 1 saturated carbocycles. The van der Waals surface area contributed by atoms with Crippen molar-refractivity contribution in [3.05, 3.63) is 0 Å². The highest BCUT2D eigenvalue weighted by Gasteiger charge is 2.22. The molecule has 0 aromatic heterocycles. The molecule has 1 aliphatic rings. The first-order valence-electron chi connectivity index (χ1n) is 6.23. The summed E-state index contributed by atoms with van der Waals surface area (Å²) in [5.74, 6) is 0.491. The van der Waals surface area contributed by atoms with Gasteiger partial charge in [-0.05, 0) is 25.2 Å². The van der Waals surface area contributed by atoms with Gasteiger partial charge < -0.3 is 15.2 Å². The summed E-state index contributed by atoms with van der Waals surface area (Å²) in [4.78, 5) is 11.3. The summed E-state index contributed by atoms with van der Waals surface area (Å²) in [5.41, 5.74) is 0. The van der Waals surface area contributed by atoms with Gasteiger partial charge in [-0.1, -0.05) is 19.8 Å². The molecule has 0 radical (unpaired) electrons. The van der Waals surface area contributed by atoms with E-state index in [2.05, 4.69) is 12.2 Å². The van der Waals surface area contributed by atoms with Crippen molar-refractivity contribution in [2.75, 3.05) is 19.8 Å². The number of carbonyl (C=O) groups excluding carboxylic acids is 1. The van der Waals surface area contributed by atoms with Gasteiger partial charge in [-0.25, -0.2) is 0 Å². The zero-order chi connectivity index (χ0) is 11.8. The van der Waals surface area contributed by atoms with Gasteiger partial charge in [0.15, 0.2) is 0 Å². The van der Waals surface area contributed by atoms with Gasteiger partial charge in [-0.2, -0.15) is 0 Å². The Labute approximate surface area is 97.4 Å². The van der Waals surface area contributed by atoms with Crippen LogP contribution in [-0.4, -0.2) is 36.9 Å². The van der Waals surface area contributed by atoms with Crippen molar-refractivity contribution in [1.82, 2.24) is 5.32 Å². The maximum atomic E-state index is 11.3. The highest BCUT2D eigenvalue weighted by Crippen LogP contribution is 2.25. The van der Waals surface area contributed by atoms with E-state index in [1.54, 1.807) is 0 Å². The second-order valence-electron chi connectivity index (χ2n) is 4.54. The lowest BCUT2D eigenvalue weighted by molar-refractivity contribution is -0.129. The largest absolute Gasteiger partial charge is 0.396 e. The molecule has 2 N–H and O–H groups in total. The number of nitrogens with one attached hydrogen (secondary N) is 1. The minimum Gasteiger partial charge on any atom is -0.396 e. The number of rotatable bonds is 6. The smallest absolute Gasteiger partial charge is 0.246 e. The van der Waals surface area contributed by atoms with E-state index in [0.717, 1.165) is 6.42 Å². The third-order valence-corrected chi connectivity index (χ3v) is 3.12. The number of amides is 1. The Morgan fingerprint density at radius 3 is 2.88 bits per heavy atom. The Morgan fingerprint density at radius 1 is 1.44 bits per heavy atom. The number of carbonyl (C=O) groups is 1. The van der Waals surface area contributed by atoms with Gasteiger partial charge in [0.1, 0.15) is 6.61 Å². The van der Waals surface area contributed by atoms with Crippen LogP contribution in [0.5, 0.6) is 0 Å². The van der Waals surface area contributed by atoms with Gasteiger partial charge >= 0.3 is 0 Å². The Balaban J connectivity index is 2.10. The van der Waals surface area contributed by atoms with E-state index in [1.165, 1.54) is 19.3 Å². The quantitative estimate of drug-likeness (QED) is 0.670. The molecule has 1 amide bonds. The first kappa shape index (κ1) is 13.5. The van der Waals surface area contributed by atoms with Gasteiger partial charge in [-0.3, -0.25) is 4.79 Å². The van der Waals surface area contributed by atoms with Crippen LogP contribution in [0, 0.1) is 5.92 Å². The molecule has 4 nitrogen and oxygen atoms in total. The van der Waals surface area contributed by atoms with E-state index < -0.39 is 0 Å². The van der Waals surface area contributed by atoms with E-state index in [4.69, 9.17) is 9.84 Å². The molecule has 2 atom stereocenters. The molecular formula is C12H23NO3. The minimum atomic E-state index is -0.0776. The zero-order valence-electron chi connectivity index (χ0n) is 10.1. The van der Waals surface area contributed by atoms with E-state index in [1.807, 2.05) is 0 Å². The van der Waals surface area contributed by atoms with Gasteiger partial charge in [-0.15, -0.1) is 0 Å². The molecule has 1 aliphatic carbocycles. The lowest BCUT2D eigenvalue weighted by Gasteiger charge is -2.28. The van der Waals surface area contributed by atoms with Crippen LogP contribution in [0.15, 0.2) is 0 Å². The van der Waals surface area contributed by atoms with Crippen LogP contribution >= 0.6 is 0 Å². The zero-order valence-corrected chi connectivity index (χ0v) is 10.1. The van der Waals surface area contributed by atoms with Crippen LogP contribution in [0.4, 0.5) is 0 Å². The summed E-state index contributed by atoms with van der Waals surface area (Å²) in [5, 5.41) is 11.3. The number of hydrogen-bond donors (Lipinski definition) is 2. The molecule has 0 bridgehead atoms. The summed E-state index contributed by atoms with van der Waals surface area (Å²) in [6.45, 7) is 2.98. The summed E-state index contributed by atoms with van der Waals surface area (Å²) in [7, 11) is 0. The Morgan fingerprint density at radius 2 is 2.19 bits per heavy atom. The van der Waals surface area contributed by atoms with Gasteiger partial charge in [0, 0.05) is 13.2 Å². The fraction of sp³-hybridized carbons (Fsp3) is 0.917. The molecule has 0 aliphatic heterocycles. The molecular weight excluding hydrogens is 206 g/mol.